The number of ether oxygens (including phenoxy) is 3. The van der Waals surface area contributed by atoms with Gasteiger partial charge in [-0.3, -0.25) is 4.79 Å². The SMILES string of the molecule is COc1cccc2cc(C(=O)NC3CCC4OCCOC4C3)oc12. The molecular formula is C18H21NO5. The van der Waals surface area contributed by atoms with Gasteiger partial charge in [0.15, 0.2) is 17.1 Å². The zero-order valence-corrected chi connectivity index (χ0v) is 13.6. The lowest BCUT2D eigenvalue weighted by atomic mass is 9.89. The van der Waals surface area contributed by atoms with Crippen LogP contribution in [0.25, 0.3) is 11.0 Å². The number of hydrogen-bond donors (Lipinski definition) is 1. The maximum Gasteiger partial charge on any atom is 0.287 e. The average molecular weight is 331 g/mol. The number of hydrogen-bond acceptors (Lipinski definition) is 5. The summed E-state index contributed by atoms with van der Waals surface area (Å²) >= 11 is 0. The lowest BCUT2D eigenvalue weighted by Crippen LogP contribution is -2.49. The number of nitrogens with one attached hydrogen (secondary N) is 1. The van der Waals surface area contributed by atoms with E-state index in [1.807, 2.05) is 18.2 Å². The van der Waals surface area contributed by atoms with Crippen LogP contribution in [0.4, 0.5) is 0 Å². The van der Waals surface area contributed by atoms with Crippen molar-refractivity contribution in [3.8, 4) is 5.75 Å². The Balaban J connectivity index is 1.46. The highest BCUT2D eigenvalue weighted by Gasteiger charge is 2.35. The van der Waals surface area contributed by atoms with Gasteiger partial charge in [-0.25, -0.2) is 0 Å². The summed E-state index contributed by atoms with van der Waals surface area (Å²) in [6.45, 7) is 1.30. The van der Waals surface area contributed by atoms with Crippen molar-refractivity contribution in [1.29, 1.82) is 0 Å². The first kappa shape index (κ1) is 15.5. The van der Waals surface area contributed by atoms with Crippen LogP contribution in [0.3, 0.4) is 0 Å². The first-order valence-electron chi connectivity index (χ1n) is 8.35. The van der Waals surface area contributed by atoms with Crippen molar-refractivity contribution < 1.29 is 23.4 Å². The number of benzene rings is 1. The molecule has 2 aliphatic rings. The van der Waals surface area contributed by atoms with Crippen molar-refractivity contribution in [2.45, 2.75) is 37.5 Å². The van der Waals surface area contributed by atoms with Crippen molar-refractivity contribution >= 4 is 16.9 Å². The monoisotopic (exact) mass is 331 g/mol. The third-order valence-electron chi connectivity index (χ3n) is 4.77. The summed E-state index contributed by atoms with van der Waals surface area (Å²) in [6.07, 6.45) is 2.82. The van der Waals surface area contributed by atoms with E-state index < -0.39 is 0 Å². The van der Waals surface area contributed by atoms with E-state index in [4.69, 9.17) is 18.6 Å². The topological polar surface area (TPSA) is 69.9 Å². The molecule has 24 heavy (non-hydrogen) atoms. The average Bonchev–Trinajstić information content (AvgIpc) is 3.06. The summed E-state index contributed by atoms with van der Waals surface area (Å²) in [5.41, 5.74) is 0.595. The number of carbonyl (C=O) groups excluding carboxylic acids is 1. The number of furan rings is 1. The molecular weight excluding hydrogens is 310 g/mol. The van der Waals surface area contributed by atoms with Gasteiger partial charge in [0.05, 0.1) is 32.5 Å². The van der Waals surface area contributed by atoms with E-state index in [1.165, 1.54) is 0 Å². The minimum absolute atomic E-state index is 0.0774. The van der Waals surface area contributed by atoms with Crippen molar-refractivity contribution in [2.75, 3.05) is 20.3 Å². The van der Waals surface area contributed by atoms with Crippen LogP contribution in [0.15, 0.2) is 28.7 Å². The minimum Gasteiger partial charge on any atom is -0.493 e. The molecule has 6 nitrogen and oxygen atoms in total. The molecule has 0 spiro atoms. The maximum absolute atomic E-state index is 12.5. The van der Waals surface area contributed by atoms with Crippen LogP contribution in [0.1, 0.15) is 29.8 Å². The second kappa shape index (κ2) is 6.45. The van der Waals surface area contributed by atoms with Crippen molar-refractivity contribution in [3.63, 3.8) is 0 Å². The molecule has 4 rings (SSSR count). The van der Waals surface area contributed by atoms with Crippen LogP contribution in [0.2, 0.25) is 0 Å². The summed E-state index contributed by atoms with van der Waals surface area (Å²) in [7, 11) is 1.59. The van der Waals surface area contributed by atoms with Crippen molar-refractivity contribution in [1.82, 2.24) is 5.32 Å². The Morgan fingerprint density at radius 3 is 2.88 bits per heavy atom. The highest BCUT2D eigenvalue weighted by molar-refractivity contribution is 5.97. The number of fused-ring (bicyclic) bond motifs is 2. The van der Waals surface area contributed by atoms with Gasteiger partial charge in [-0.1, -0.05) is 12.1 Å². The normalized spacial score (nSPS) is 26.8. The molecule has 1 saturated heterocycles. The Bertz CT molecular complexity index is 740. The lowest BCUT2D eigenvalue weighted by Gasteiger charge is -2.38. The van der Waals surface area contributed by atoms with Crippen LogP contribution in [0.5, 0.6) is 5.75 Å². The number of para-hydroxylation sites is 1. The molecule has 3 unspecified atom stereocenters. The Hall–Kier alpha value is -2.05. The van der Waals surface area contributed by atoms with E-state index in [9.17, 15) is 4.79 Å². The number of amides is 1. The van der Waals surface area contributed by atoms with Gasteiger partial charge in [-0.05, 0) is 31.4 Å². The highest BCUT2D eigenvalue weighted by Crippen LogP contribution is 2.30. The van der Waals surface area contributed by atoms with Crippen LogP contribution in [-0.4, -0.2) is 44.5 Å². The second-order valence-electron chi connectivity index (χ2n) is 6.29. The highest BCUT2D eigenvalue weighted by atomic mass is 16.6. The van der Waals surface area contributed by atoms with Gasteiger partial charge in [0.1, 0.15) is 0 Å². The third kappa shape index (κ3) is 2.87. The largest absolute Gasteiger partial charge is 0.493 e. The van der Waals surface area contributed by atoms with Gasteiger partial charge < -0.3 is 23.9 Å². The van der Waals surface area contributed by atoms with E-state index in [0.29, 0.717) is 30.3 Å². The quantitative estimate of drug-likeness (QED) is 0.936. The van der Waals surface area contributed by atoms with E-state index in [0.717, 1.165) is 24.6 Å². The molecule has 1 amide bonds. The summed E-state index contributed by atoms with van der Waals surface area (Å²) in [5, 5.41) is 3.91. The Kier molecular flexibility index (Phi) is 4.16. The fraction of sp³-hybridized carbons (Fsp3) is 0.500. The first-order valence-corrected chi connectivity index (χ1v) is 8.35. The lowest BCUT2D eigenvalue weighted by molar-refractivity contribution is -0.157. The van der Waals surface area contributed by atoms with Crippen molar-refractivity contribution in [2.24, 2.45) is 0 Å². The van der Waals surface area contributed by atoms with Crippen LogP contribution >= 0.6 is 0 Å². The van der Waals surface area contributed by atoms with Gasteiger partial charge in [-0.15, -0.1) is 0 Å². The Morgan fingerprint density at radius 1 is 1.21 bits per heavy atom. The van der Waals surface area contributed by atoms with Crippen molar-refractivity contribution in [3.05, 3.63) is 30.0 Å². The van der Waals surface area contributed by atoms with Crippen LogP contribution < -0.4 is 10.1 Å². The zero-order valence-electron chi connectivity index (χ0n) is 13.6. The molecule has 1 aliphatic carbocycles. The molecule has 0 bridgehead atoms. The number of methoxy groups -OCH3 is 1. The molecule has 2 aromatic rings. The maximum atomic E-state index is 12.5. The Labute approximate surface area is 140 Å². The number of carbonyl (C=O) groups is 1. The molecule has 1 aromatic carbocycles. The van der Waals surface area contributed by atoms with Gasteiger partial charge in [0.25, 0.3) is 5.91 Å². The summed E-state index contributed by atoms with van der Waals surface area (Å²) in [5.74, 6) is 0.727. The zero-order chi connectivity index (χ0) is 16.5. The minimum atomic E-state index is -0.201. The third-order valence-corrected chi connectivity index (χ3v) is 4.77. The molecule has 128 valence electrons. The molecule has 3 atom stereocenters. The summed E-state index contributed by atoms with van der Waals surface area (Å²) in [6, 6.07) is 7.42. The molecule has 6 heteroatoms. The predicted molar refractivity (Wildman–Crippen MR) is 87.4 cm³/mol. The molecule has 1 N–H and O–H groups in total. The van der Waals surface area contributed by atoms with Gasteiger partial charge in [0, 0.05) is 11.4 Å². The van der Waals surface area contributed by atoms with E-state index in [2.05, 4.69) is 5.32 Å². The standard InChI is InChI=1S/C18H21NO5/c1-21-14-4-2-3-11-9-16(24-17(11)14)18(20)19-12-5-6-13-15(10-12)23-8-7-22-13/h2-4,9,12-13,15H,5-8,10H2,1H3,(H,19,20). The predicted octanol–water partition coefficient (Wildman–Crippen LogP) is 2.51. The first-order chi connectivity index (χ1) is 11.7. The molecule has 2 fully saturated rings. The molecule has 2 heterocycles. The van der Waals surface area contributed by atoms with E-state index >= 15 is 0 Å². The Morgan fingerprint density at radius 2 is 2.04 bits per heavy atom. The fourth-order valence-corrected chi connectivity index (χ4v) is 3.56. The molecule has 1 aromatic heterocycles. The van der Waals surface area contributed by atoms with E-state index in [-0.39, 0.29) is 24.2 Å². The van der Waals surface area contributed by atoms with Crippen LogP contribution in [0, 0.1) is 0 Å². The molecule has 1 aliphatic heterocycles. The molecule has 1 saturated carbocycles. The van der Waals surface area contributed by atoms with E-state index in [1.54, 1.807) is 13.2 Å². The smallest absolute Gasteiger partial charge is 0.287 e. The summed E-state index contributed by atoms with van der Waals surface area (Å²) in [4.78, 5) is 12.5. The van der Waals surface area contributed by atoms with Crippen LogP contribution in [-0.2, 0) is 9.47 Å². The van der Waals surface area contributed by atoms with Gasteiger partial charge >= 0.3 is 0 Å². The second-order valence-corrected chi connectivity index (χ2v) is 6.29. The fourth-order valence-electron chi connectivity index (χ4n) is 3.56. The van der Waals surface area contributed by atoms with Gasteiger partial charge in [0.2, 0.25) is 0 Å². The molecule has 0 radical (unpaired) electrons. The number of rotatable bonds is 3. The van der Waals surface area contributed by atoms with Gasteiger partial charge in [-0.2, -0.15) is 0 Å². The summed E-state index contributed by atoms with van der Waals surface area (Å²) < 4.78 is 22.5.